The third-order valence-electron chi connectivity index (χ3n) is 4.70. The smallest absolute Gasteiger partial charge is 0.223 e. The van der Waals surface area contributed by atoms with E-state index in [4.69, 9.17) is 16.0 Å². The maximum absolute atomic E-state index is 12.4. The molecule has 5 nitrogen and oxygen atoms in total. The van der Waals surface area contributed by atoms with Gasteiger partial charge in [0.1, 0.15) is 0 Å². The van der Waals surface area contributed by atoms with E-state index >= 15 is 0 Å². The number of hydrogen-bond donors (Lipinski definition) is 1. The van der Waals surface area contributed by atoms with Crippen LogP contribution < -0.4 is 5.32 Å². The van der Waals surface area contributed by atoms with Crippen LogP contribution in [0.15, 0.2) is 34.9 Å². The van der Waals surface area contributed by atoms with Crippen molar-refractivity contribution in [2.75, 3.05) is 26.7 Å². The zero-order valence-corrected chi connectivity index (χ0v) is 15.3. The fourth-order valence-corrected chi connectivity index (χ4v) is 3.35. The first-order chi connectivity index (χ1) is 12.2. The summed E-state index contributed by atoms with van der Waals surface area (Å²) in [5.41, 5.74) is 0.932. The molecule has 0 saturated carbocycles. The lowest BCUT2D eigenvalue weighted by molar-refractivity contribution is -0.132. The lowest BCUT2D eigenvalue weighted by Gasteiger charge is -2.32. The normalized spacial score (nSPS) is 15.5. The molecule has 2 heterocycles. The number of piperidine rings is 1. The highest BCUT2D eigenvalue weighted by Crippen LogP contribution is 2.23. The Bertz CT molecular complexity index is 691. The van der Waals surface area contributed by atoms with Gasteiger partial charge in [-0.05, 0) is 56.6 Å². The van der Waals surface area contributed by atoms with E-state index in [0.29, 0.717) is 35.4 Å². The highest BCUT2D eigenvalue weighted by Gasteiger charge is 2.22. The second-order valence-corrected chi connectivity index (χ2v) is 6.94. The minimum Gasteiger partial charge on any atom is -0.441 e. The summed E-state index contributed by atoms with van der Waals surface area (Å²) in [6, 6.07) is 7.43. The summed E-state index contributed by atoms with van der Waals surface area (Å²) in [7, 11) is 1.98. The van der Waals surface area contributed by atoms with Crippen LogP contribution in [0.2, 0.25) is 5.02 Å². The molecule has 1 amide bonds. The van der Waals surface area contributed by atoms with Crippen molar-refractivity contribution in [2.24, 2.45) is 5.92 Å². The molecule has 1 aromatic carbocycles. The van der Waals surface area contributed by atoms with Crippen LogP contribution in [0.25, 0.3) is 11.3 Å². The largest absolute Gasteiger partial charge is 0.441 e. The van der Waals surface area contributed by atoms with Gasteiger partial charge in [-0.15, -0.1) is 0 Å². The standard InChI is InChI=1S/C19H24ClN3O2/c1-21-12-14-8-10-23(11-9-14)19(24)7-6-18-22-13-17(25-18)15-2-4-16(20)5-3-15/h2-5,13-14,21H,6-12H2,1H3. The highest BCUT2D eigenvalue weighted by molar-refractivity contribution is 6.30. The number of halogens is 1. The third-order valence-corrected chi connectivity index (χ3v) is 4.95. The molecule has 2 aromatic rings. The second-order valence-electron chi connectivity index (χ2n) is 6.51. The van der Waals surface area contributed by atoms with Gasteiger partial charge in [-0.25, -0.2) is 4.98 Å². The zero-order valence-electron chi connectivity index (χ0n) is 14.5. The number of benzene rings is 1. The molecular weight excluding hydrogens is 338 g/mol. The van der Waals surface area contributed by atoms with Gasteiger partial charge in [0.25, 0.3) is 0 Å². The van der Waals surface area contributed by atoms with Gasteiger partial charge >= 0.3 is 0 Å². The number of nitrogens with zero attached hydrogens (tertiary/aromatic N) is 2. The molecule has 0 aliphatic carbocycles. The van der Waals surface area contributed by atoms with Crippen LogP contribution in [0.1, 0.15) is 25.2 Å². The minimum atomic E-state index is 0.189. The molecule has 0 unspecified atom stereocenters. The number of oxazole rings is 1. The number of carbonyl (C=O) groups excluding carboxylic acids is 1. The molecule has 1 aromatic heterocycles. The summed E-state index contributed by atoms with van der Waals surface area (Å²) in [5, 5.41) is 3.90. The lowest BCUT2D eigenvalue weighted by atomic mass is 9.96. The number of carbonyl (C=O) groups is 1. The molecule has 0 radical (unpaired) electrons. The summed E-state index contributed by atoms with van der Waals surface area (Å²) in [6.07, 6.45) is 4.82. The summed E-state index contributed by atoms with van der Waals surface area (Å²) >= 11 is 5.90. The van der Waals surface area contributed by atoms with Gasteiger partial charge < -0.3 is 14.6 Å². The van der Waals surface area contributed by atoms with Crippen LogP contribution in [0.5, 0.6) is 0 Å². The van der Waals surface area contributed by atoms with Gasteiger partial charge in [-0.3, -0.25) is 4.79 Å². The molecular formula is C19H24ClN3O2. The van der Waals surface area contributed by atoms with Crippen LogP contribution in [-0.4, -0.2) is 42.5 Å². The van der Waals surface area contributed by atoms with E-state index in [0.717, 1.165) is 38.0 Å². The molecule has 0 bridgehead atoms. The Kier molecular flexibility index (Phi) is 6.10. The molecule has 134 valence electrons. The average Bonchev–Trinajstić information content (AvgIpc) is 3.10. The van der Waals surface area contributed by atoms with Crippen LogP contribution >= 0.6 is 11.6 Å². The van der Waals surface area contributed by atoms with Crippen molar-refractivity contribution in [2.45, 2.75) is 25.7 Å². The van der Waals surface area contributed by atoms with E-state index in [1.807, 2.05) is 36.2 Å². The van der Waals surface area contributed by atoms with Crippen molar-refractivity contribution < 1.29 is 9.21 Å². The van der Waals surface area contributed by atoms with Crippen molar-refractivity contribution in [3.05, 3.63) is 41.4 Å². The highest BCUT2D eigenvalue weighted by atomic mass is 35.5. The van der Waals surface area contributed by atoms with E-state index in [1.54, 1.807) is 6.20 Å². The molecule has 25 heavy (non-hydrogen) atoms. The lowest BCUT2D eigenvalue weighted by Crippen LogP contribution is -2.40. The number of aromatic nitrogens is 1. The molecule has 1 aliphatic rings. The fourth-order valence-electron chi connectivity index (χ4n) is 3.22. The molecule has 0 atom stereocenters. The minimum absolute atomic E-state index is 0.189. The first kappa shape index (κ1) is 18.0. The van der Waals surface area contributed by atoms with E-state index in [-0.39, 0.29) is 5.91 Å². The summed E-state index contributed by atoms with van der Waals surface area (Å²) in [6.45, 7) is 2.74. The van der Waals surface area contributed by atoms with Gasteiger partial charge in [0.2, 0.25) is 5.91 Å². The molecule has 0 spiro atoms. The SMILES string of the molecule is CNCC1CCN(C(=O)CCc2ncc(-c3ccc(Cl)cc3)o2)CC1. The first-order valence-corrected chi connectivity index (χ1v) is 9.16. The Labute approximate surface area is 153 Å². The van der Waals surface area contributed by atoms with Crippen molar-refractivity contribution >= 4 is 17.5 Å². The van der Waals surface area contributed by atoms with Crippen molar-refractivity contribution in [3.63, 3.8) is 0 Å². The van der Waals surface area contributed by atoms with Crippen LogP contribution in [-0.2, 0) is 11.2 Å². The maximum Gasteiger partial charge on any atom is 0.223 e. The Morgan fingerprint density at radius 3 is 2.72 bits per heavy atom. The van der Waals surface area contributed by atoms with Crippen molar-refractivity contribution in [1.82, 2.24) is 15.2 Å². The van der Waals surface area contributed by atoms with Crippen molar-refractivity contribution in [1.29, 1.82) is 0 Å². The number of hydrogen-bond acceptors (Lipinski definition) is 4. The summed E-state index contributed by atoms with van der Waals surface area (Å²) in [5.74, 6) is 2.17. The van der Waals surface area contributed by atoms with E-state index in [1.165, 1.54) is 0 Å². The molecule has 1 N–H and O–H groups in total. The summed E-state index contributed by atoms with van der Waals surface area (Å²) < 4.78 is 5.76. The topological polar surface area (TPSA) is 58.4 Å². The molecule has 3 rings (SSSR count). The van der Waals surface area contributed by atoms with Gasteiger partial charge in [0.05, 0.1) is 6.20 Å². The Hall–Kier alpha value is -1.85. The monoisotopic (exact) mass is 361 g/mol. The van der Waals surface area contributed by atoms with Gasteiger partial charge in [0, 0.05) is 36.5 Å². The predicted molar refractivity (Wildman–Crippen MR) is 98.5 cm³/mol. The predicted octanol–water partition coefficient (Wildman–Crippen LogP) is 3.39. The molecule has 1 aliphatic heterocycles. The molecule has 1 fully saturated rings. The Balaban J connectivity index is 1.49. The van der Waals surface area contributed by atoms with Crippen molar-refractivity contribution in [3.8, 4) is 11.3 Å². The van der Waals surface area contributed by atoms with E-state index < -0.39 is 0 Å². The zero-order chi connectivity index (χ0) is 17.6. The quantitative estimate of drug-likeness (QED) is 0.856. The van der Waals surface area contributed by atoms with Gasteiger partial charge in [-0.1, -0.05) is 11.6 Å². The number of nitrogens with one attached hydrogen (secondary N) is 1. The molecule has 6 heteroatoms. The second kappa shape index (κ2) is 8.50. The number of amides is 1. The van der Waals surface area contributed by atoms with Gasteiger partial charge in [0.15, 0.2) is 11.7 Å². The number of aryl methyl sites for hydroxylation is 1. The summed E-state index contributed by atoms with van der Waals surface area (Å²) in [4.78, 5) is 18.6. The van der Waals surface area contributed by atoms with Gasteiger partial charge in [-0.2, -0.15) is 0 Å². The average molecular weight is 362 g/mol. The number of likely N-dealkylation sites (tertiary alicyclic amines) is 1. The maximum atomic E-state index is 12.4. The van der Waals surface area contributed by atoms with Crippen LogP contribution in [0, 0.1) is 5.92 Å². The Morgan fingerprint density at radius 1 is 1.32 bits per heavy atom. The van der Waals surface area contributed by atoms with Crippen LogP contribution in [0.3, 0.4) is 0 Å². The number of rotatable bonds is 6. The van der Waals surface area contributed by atoms with Crippen LogP contribution in [0.4, 0.5) is 0 Å². The Morgan fingerprint density at radius 2 is 2.04 bits per heavy atom. The fraction of sp³-hybridized carbons (Fsp3) is 0.474. The van der Waals surface area contributed by atoms with E-state index in [9.17, 15) is 4.79 Å². The first-order valence-electron chi connectivity index (χ1n) is 8.78. The third kappa shape index (κ3) is 4.83. The van der Waals surface area contributed by atoms with E-state index in [2.05, 4.69) is 10.3 Å². The molecule has 1 saturated heterocycles.